The maximum atomic E-state index is 12.7. The van der Waals surface area contributed by atoms with E-state index in [9.17, 15) is 9.00 Å². The van der Waals surface area contributed by atoms with E-state index in [1.807, 2.05) is 29.0 Å². The van der Waals surface area contributed by atoms with Gasteiger partial charge in [-0.15, -0.1) is 0 Å². The molecular formula is C32H40N6O2S2. The van der Waals surface area contributed by atoms with Crippen molar-refractivity contribution in [1.82, 2.24) is 23.7 Å². The lowest BCUT2D eigenvalue weighted by molar-refractivity contribution is -0.120. The highest BCUT2D eigenvalue weighted by molar-refractivity contribution is 7.82. The number of nitrogens with zero attached hydrogens (tertiary/aromatic N) is 4. The molecule has 222 valence electrons. The fraction of sp³-hybridized carbons (Fsp3) is 0.406. The molecule has 4 aromatic rings. The quantitative estimate of drug-likeness (QED) is 0.219. The van der Waals surface area contributed by atoms with Gasteiger partial charge < -0.3 is 20.2 Å². The predicted octanol–water partition coefficient (Wildman–Crippen LogP) is 5.12. The van der Waals surface area contributed by atoms with Crippen molar-refractivity contribution in [2.45, 2.75) is 65.1 Å². The Bertz CT molecular complexity index is 1580. The Labute approximate surface area is 255 Å². The third-order valence-electron chi connectivity index (χ3n) is 7.84. The molecule has 1 aliphatic rings. The van der Waals surface area contributed by atoms with E-state index in [4.69, 9.17) is 18.0 Å². The summed E-state index contributed by atoms with van der Waals surface area (Å²) in [4.78, 5) is 17.5. The average molecular weight is 605 g/mol. The molecule has 1 fully saturated rings. The van der Waals surface area contributed by atoms with Gasteiger partial charge in [0.1, 0.15) is 4.99 Å². The summed E-state index contributed by atoms with van der Waals surface area (Å²) in [5.41, 5.74) is 11.9. The molecule has 10 heteroatoms. The Morgan fingerprint density at radius 3 is 2.67 bits per heavy atom. The van der Waals surface area contributed by atoms with Gasteiger partial charge in [-0.3, -0.25) is 4.79 Å². The van der Waals surface area contributed by atoms with Crippen LogP contribution in [0.1, 0.15) is 62.4 Å². The third-order valence-corrected chi connectivity index (χ3v) is 9.77. The van der Waals surface area contributed by atoms with Gasteiger partial charge >= 0.3 is 0 Å². The topological polar surface area (TPSA) is 98.2 Å². The van der Waals surface area contributed by atoms with E-state index in [2.05, 4.69) is 63.5 Å². The van der Waals surface area contributed by atoms with Crippen molar-refractivity contribution in [1.29, 1.82) is 0 Å². The van der Waals surface area contributed by atoms with Gasteiger partial charge in [0, 0.05) is 72.4 Å². The number of nitrogens with one attached hydrogen (secondary N) is 1. The van der Waals surface area contributed by atoms with Gasteiger partial charge in [0.2, 0.25) is 5.91 Å². The highest BCUT2D eigenvalue weighted by Crippen LogP contribution is 2.36. The van der Waals surface area contributed by atoms with E-state index in [-0.39, 0.29) is 18.4 Å². The molecule has 0 radical (unpaired) electrons. The number of aromatic nitrogens is 3. The second kappa shape index (κ2) is 13.8. The van der Waals surface area contributed by atoms with Crippen molar-refractivity contribution in [2.24, 2.45) is 5.73 Å². The number of thiocarbonyl (C=S) groups is 1. The highest BCUT2D eigenvalue weighted by atomic mass is 32.2. The van der Waals surface area contributed by atoms with Crippen LogP contribution in [-0.2, 0) is 35.3 Å². The number of rotatable bonds is 12. The smallest absolute Gasteiger partial charge is 0.226 e. The summed E-state index contributed by atoms with van der Waals surface area (Å²) < 4.78 is 19.1. The molecule has 1 atom stereocenters. The molecule has 3 N–H and O–H groups in total. The maximum Gasteiger partial charge on any atom is 0.226 e. The number of fused-ring (bicyclic) bond motifs is 1. The molecule has 3 heterocycles. The van der Waals surface area contributed by atoms with Crippen LogP contribution < -0.4 is 11.1 Å². The minimum absolute atomic E-state index is 0.0464. The number of piperidine rings is 1. The van der Waals surface area contributed by atoms with Crippen LogP contribution in [0.2, 0.25) is 0 Å². The molecule has 0 bridgehead atoms. The van der Waals surface area contributed by atoms with E-state index in [0.717, 1.165) is 89.9 Å². The molecule has 1 unspecified atom stereocenters. The maximum absolute atomic E-state index is 12.7. The van der Waals surface area contributed by atoms with Gasteiger partial charge in [0.25, 0.3) is 0 Å². The van der Waals surface area contributed by atoms with Crippen molar-refractivity contribution in [3.05, 3.63) is 78.0 Å². The van der Waals surface area contributed by atoms with E-state index < -0.39 is 11.0 Å². The van der Waals surface area contributed by atoms with E-state index in [1.165, 1.54) is 0 Å². The predicted molar refractivity (Wildman–Crippen MR) is 174 cm³/mol. The Morgan fingerprint density at radius 2 is 1.93 bits per heavy atom. The average Bonchev–Trinajstić information content (AvgIpc) is 3.60. The van der Waals surface area contributed by atoms with E-state index in [1.54, 1.807) is 6.33 Å². The normalized spacial score (nSPS) is 15.2. The lowest BCUT2D eigenvalue weighted by Crippen LogP contribution is -2.36. The first-order valence-electron chi connectivity index (χ1n) is 14.8. The number of carbonyl (C=O) groups excluding carboxylic acids is 1. The van der Waals surface area contributed by atoms with Gasteiger partial charge in [-0.2, -0.15) is 0 Å². The molecule has 0 spiro atoms. The molecule has 5 rings (SSSR count). The Morgan fingerprint density at radius 1 is 1.12 bits per heavy atom. The standard InChI is InChI=1S/C32H40N6O2S2/c1-3-12-36-20-26(35-22-36)18-31(39)34-19-23-8-9-28-29(24-6-5-7-25(17-24)32(33)41)21-38(30(28)16-23)27-10-13-37(14-11-27)42(40)15-4-2/h5-9,16-17,20-22,27H,3-4,10-15,18-19H2,1-2H3,(H2,33,41)(H,34,39). The molecule has 0 aliphatic carbocycles. The number of benzene rings is 2. The number of amides is 1. The lowest BCUT2D eigenvalue weighted by Gasteiger charge is -2.32. The Kier molecular flexibility index (Phi) is 9.87. The molecule has 42 heavy (non-hydrogen) atoms. The monoisotopic (exact) mass is 604 g/mol. The highest BCUT2D eigenvalue weighted by Gasteiger charge is 2.25. The van der Waals surface area contributed by atoms with Crippen LogP contribution in [0.4, 0.5) is 0 Å². The second-order valence-electron chi connectivity index (χ2n) is 11.0. The molecule has 1 amide bonds. The fourth-order valence-corrected chi connectivity index (χ4v) is 7.06. The summed E-state index contributed by atoms with van der Waals surface area (Å²) in [7, 11) is -0.908. The van der Waals surface area contributed by atoms with Crippen LogP contribution >= 0.6 is 12.2 Å². The second-order valence-corrected chi connectivity index (χ2v) is 13.0. The Hall–Kier alpha value is -3.34. The first kappa shape index (κ1) is 30.1. The largest absolute Gasteiger partial charge is 0.389 e. The van der Waals surface area contributed by atoms with Gasteiger partial charge in [0.15, 0.2) is 0 Å². The van der Waals surface area contributed by atoms with Crippen LogP contribution in [0.15, 0.2) is 61.2 Å². The van der Waals surface area contributed by atoms with Crippen LogP contribution in [0.5, 0.6) is 0 Å². The zero-order valence-electron chi connectivity index (χ0n) is 24.4. The first-order valence-corrected chi connectivity index (χ1v) is 16.5. The number of aryl methyl sites for hydroxylation is 1. The molecule has 2 aromatic carbocycles. The molecule has 2 aromatic heterocycles. The summed E-state index contributed by atoms with van der Waals surface area (Å²) in [6.07, 6.45) is 10.0. The number of hydrogen-bond donors (Lipinski definition) is 2. The van der Waals surface area contributed by atoms with Crippen LogP contribution in [0.3, 0.4) is 0 Å². The molecule has 1 saturated heterocycles. The van der Waals surface area contributed by atoms with Gasteiger partial charge in [0.05, 0.1) is 29.4 Å². The molecule has 8 nitrogen and oxygen atoms in total. The summed E-state index contributed by atoms with van der Waals surface area (Å²) in [6, 6.07) is 14.8. The van der Waals surface area contributed by atoms with E-state index in [0.29, 0.717) is 11.5 Å². The summed E-state index contributed by atoms with van der Waals surface area (Å²) in [5.74, 6) is 0.672. The van der Waals surface area contributed by atoms with Crippen molar-refractivity contribution >= 4 is 45.0 Å². The minimum Gasteiger partial charge on any atom is -0.389 e. The SMILES string of the molecule is CCCn1cnc(CC(=O)NCc2ccc3c(-c4cccc(C(N)=S)c4)cn(C4CCN(S(=O)CCC)CC4)c3c2)c1. The van der Waals surface area contributed by atoms with Crippen LogP contribution in [0, 0.1) is 0 Å². The van der Waals surface area contributed by atoms with Gasteiger partial charge in [-0.25, -0.2) is 13.5 Å². The summed E-state index contributed by atoms with van der Waals surface area (Å²) >= 11 is 5.25. The molecular weight excluding hydrogens is 565 g/mol. The Balaban J connectivity index is 1.39. The van der Waals surface area contributed by atoms with Crippen molar-refractivity contribution in [3.8, 4) is 11.1 Å². The van der Waals surface area contributed by atoms with Crippen LogP contribution in [-0.4, -0.2) is 52.4 Å². The zero-order chi connectivity index (χ0) is 29.6. The van der Waals surface area contributed by atoms with Gasteiger partial charge in [-0.05, 0) is 48.9 Å². The van der Waals surface area contributed by atoms with Crippen molar-refractivity contribution in [2.75, 3.05) is 18.8 Å². The number of hydrogen-bond acceptors (Lipinski definition) is 4. The van der Waals surface area contributed by atoms with Gasteiger partial charge in [-0.1, -0.05) is 56.4 Å². The lowest BCUT2D eigenvalue weighted by atomic mass is 10.0. The zero-order valence-corrected chi connectivity index (χ0v) is 26.1. The summed E-state index contributed by atoms with van der Waals surface area (Å²) in [6.45, 7) is 7.16. The van der Waals surface area contributed by atoms with Crippen molar-refractivity contribution < 1.29 is 9.00 Å². The third kappa shape index (κ3) is 6.99. The number of nitrogens with two attached hydrogens (primary N) is 1. The first-order chi connectivity index (χ1) is 20.4. The number of imidazole rings is 1. The fourth-order valence-electron chi connectivity index (χ4n) is 5.71. The number of carbonyl (C=O) groups is 1. The van der Waals surface area contributed by atoms with Crippen molar-refractivity contribution in [3.63, 3.8) is 0 Å². The van der Waals surface area contributed by atoms with E-state index >= 15 is 0 Å². The minimum atomic E-state index is -0.908. The summed E-state index contributed by atoms with van der Waals surface area (Å²) in [5, 5.41) is 4.22. The van der Waals surface area contributed by atoms with Crippen LogP contribution in [0.25, 0.3) is 22.0 Å². The molecule has 0 saturated carbocycles. The molecule has 1 aliphatic heterocycles.